The zero-order chi connectivity index (χ0) is 11.2. The lowest BCUT2D eigenvalue weighted by atomic mass is 10.1. The van der Waals surface area contributed by atoms with Gasteiger partial charge in [-0.3, -0.25) is 0 Å². The third-order valence-corrected chi connectivity index (χ3v) is 3.35. The molecule has 86 valence electrons. The van der Waals surface area contributed by atoms with Crippen LogP contribution in [0.25, 0.3) is 0 Å². The molecule has 1 atom stereocenters. The van der Waals surface area contributed by atoms with E-state index in [0.717, 1.165) is 30.3 Å². The van der Waals surface area contributed by atoms with Crippen molar-refractivity contribution < 1.29 is 4.74 Å². The lowest BCUT2D eigenvalue weighted by Crippen LogP contribution is -2.07. The monoisotopic (exact) mass is 280 g/mol. The summed E-state index contributed by atoms with van der Waals surface area (Å²) in [7, 11) is 0. The maximum atomic E-state index is 5.75. The van der Waals surface area contributed by atoms with E-state index in [9.17, 15) is 0 Å². The Bertz CT molecular complexity index is 342. The first kappa shape index (κ1) is 11.9. The number of benzene rings is 1. The van der Waals surface area contributed by atoms with E-state index in [0.29, 0.717) is 6.10 Å². The molecular formula is C14H17BrO. The molecule has 0 saturated heterocycles. The molecule has 1 nitrogen and oxygen atoms in total. The first-order chi connectivity index (χ1) is 7.84. The van der Waals surface area contributed by atoms with Crippen molar-refractivity contribution in [3.05, 3.63) is 46.5 Å². The summed E-state index contributed by atoms with van der Waals surface area (Å²) in [5.74, 6) is 0. The molecule has 0 aliphatic heterocycles. The summed E-state index contributed by atoms with van der Waals surface area (Å²) in [5, 5.41) is 0. The van der Waals surface area contributed by atoms with Crippen LogP contribution < -0.4 is 0 Å². The molecule has 0 amide bonds. The van der Waals surface area contributed by atoms with Crippen LogP contribution in [0.3, 0.4) is 0 Å². The van der Waals surface area contributed by atoms with E-state index in [2.05, 4.69) is 52.3 Å². The maximum absolute atomic E-state index is 5.75. The Kier molecular flexibility index (Phi) is 4.61. The second-order valence-corrected chi connectivity index (χ2v) is 5.06. The van der Waals surface area contributed by atoms with Gasteiger partial charge in [0.2, 0.25) is 0 Å². The highest BCUT2D eigenvalue weighted by Crippen LogP contribution is 2.14. The van der Waals surface area contributed by atoms with Crippen molar-refractivity contribution in [1.29, 1.82) is 0 Å². The smallest absolute Gasteiger partial charge is 0.0758 e. The number of aryl methyl sites for hydroxylation is 1. The van der Waals surface area contributed by atoms with Crippen molar-refractivity contribution in [2.45, 2.75) is 31.8 Å². The predicted molar refractivity (Wildman–Crippen MR) is 70.6 cm³/mol. The highest BCUT2D eigenvalue weighted by Gasteiger charge is 2.08. The topological polar surface area (TPSA) is 9.23 Å². The SMILES string of the molecule is Brc1ccc(CCCOC2C=CCC2)cc1. The summed E-state index contributed by atoms with van der Waals surface area (Å²) in [6.45, 7) is 0.866. The minimum atomic E-state index is 0.380. The highest BCUT2D eigenvalue weighted by atomic mass is 79.9. The lowest BCUT2D eigenvalue weighted by molar-refractivity contribution is 0.0835. The van der Waals surface area contributed by atoms with Crippen LogP contribution in [0, 0.1) is 0 Å². The number of rotatable bonds is 5. The van der Waals surface area contributed by atoms with Gasteiger partial charge in [-0.05, 0) is 43.4 Å². The first-order valence-electron chi connectivity index (χ1n) is 5.87. The van der Waals surface area contributed by atoms with E-state index in [-0.39, 0.29) is 0 Å². The van der Waals surface area contributed by atoms with Crippen molar-refractivity contribution in [1.82, 2.24) is 0 Å². The molecule has 1 unspecified atom stereocenters. The standard InChI is InChI=1S/C14H17BrO/c15-13-9-7-12(8-10-13)4-3-11-16-14-5-1-2-6-14/h1,5,7-10,14H,2-4,6,11H2. The molecule has 0 heterocycles. The third-order valence-electron chi connectivity index (χ3n) is 2.82. The molecule has 1 aromatic rings. The van der Waals surface area contributed by atoms with Gasteiger partial charge in [-0.1, -0.05) is 40.2 Å². The van der Waals surface area contributed by atoms with Gasteiger partial charge in [0.1, 0.15) is 0 Å². The van der Waals surface area contributed by atoms with Gasteiger partial charge in [0.05, 0.1) is 6.10 Å². The van der Waals surface area contributed by atoms with Crippen LogP contribution in [0.2, 0.25) is 0 Å². The van der Waals surface area contributed by atoms with Crippen LogP contribution in [0.4, 0.5) is 0 Å². The van der Waals surface area contributed by atoms with Crippen LogP contribution in [-0.4, -0.2) is 12.7 Å². The van der Waals surface area contributed by atoms with Gasteiger partial charge in [-0.2, -0.15) is 0 Å². The van der Waals surface area contributed by atoms with Gasteiger partial charge in [-0.25, -0.2) is 0 Å². The Morgan fingerprint density at radius 2 is 2.06 bits per heavy atom. The minimum Gasteiger partial charge on any atom is -0.374 e. The molecule has 1 aliphatic rings. The quantitative estimate of drug-likeness (QED) is 0.583. The normalized spacial score (nSPS) is 19.2. The van der Waals surface area contributed by atoms with Crippen LogP contribution >= 0.6 is 15.9 Å². The minimum absolute atomic E-state index is 0.380. The zero-order valence-electron chi connectivity index (χ0n) is 9.36. The van der Waals surface area contributed by atoms with Gasteiger partial charge < -0.3 is 4.74 Å². The molecule has 2 heteroatoms. The third kappa shape index (κ3) is 3.76. The van der Waals surface area contributed by atoms with Crippen LogP contribution in [-0.2, 0) is 11.2 Å². The van der Waals surface area contributed by atoms with Crippen LogP contribution in [0.5, 0.6) is 0 Å². The van der Waals surface area contributed by atoms with Gasteiger partial charge >= 0.3 is 0 Å². The molecule has 1 aliphatic carbocycles. The number of allylic oxidation sites excluding steroid dienone is 1. The van der Waals surface area contributed by atoms with E-state index in [1.165, 1.54) is 12.0 Å². The number of halogens is 1. The van der Waals surface area contributed by atoms with Gasteiger partial charge in [-0.15, -0.1) is 0 Å². The first-order valence-corrected chi connectivity index (χ1v) is 6.66. The Hall–Kier alpha value is -0.600. The Balaban J connectivity index is 1.64. The van der Waals surface area contributed by atoms with Crippen molar-refractivity contribution >= 4 is 15.9 Å². The fraction of sp³-hybridized carbons (Fsp3) is 0.429. The molecule has 0 N–H and O–H groups in total. The number of hydrogen-bond acceptors (Lipinski definition) is 1. The zero-order valence-corrected chi connectivity index (χ0v) is 10.9. The fourth-order valence-corrected chi connectivity index (χ4v) is 2.17. The average molecular weight is 281 g/mol. The maximum Gasteiger partial charge on any atom is 0.0758 e. The van der Waals surface area contributed by atoms with Crippen molar-refractivity contribution in [2.24, 2.45) is 0 Å². The molecular weight excluding hydrogens is 264 g/mol. The summed E-state index contributed by atoms with van der Waals surface area (Å²) in [5.41, 5.74) is 1.38. The van der Waals surface area contributed by atoms with Crippen molar-refractivity contribution in [2.75, 3.05) is 6.61 Å². The molecule has 0 aromatic heterocycles. The summed E-state index contributed by atoms with van der Waals surface area (Å²) in [4.78, 5) is 0. The summed E-state index contributed by atoms with van der Waals surface area (Å²) in [6.07, 6.45) is 9.31. The largest absolute Gasteiger partial charge is 0.374 e. The Labute approximate surface area is 106 Å². The van der Waals surface area contributed by atoms with Gasteiger partial charge in [0.25, 0.3) is 0 Å². The Morgan fingerprint density at radius 1 is 1.25 bits per heavy atom. The van der Waals surface area contributed by atoms with E-state index in [1.54, 1.807) is 0 Å². The van der Waals surface area contributed by atoms with E-state index >= 15 is 0 Å². The Morgan fingerprint density at radius 3 is 2.75 bits per heavy atom. The van der Waals surface area contributed by atoms with Gasteiger partial charge in [0.15, 0.2) is 0 Å². The molecule has 0 fully saturated rings. The molecule has 0 spiro atoms. The van der Waals surface area contributed by atoms with Gasteiger partial charge in [0, 0.05) is 11.1 Å². The van der Waals surface area contributed by atoms with Crippen molar-refractivity contribution in [3.63, 3.8) is 0 Å². The van der Waals surface area contributed by atoms with E-state index < -0.39 is 0 Å². The number of ether oxygens (including phenoxy) is 1. The summed E-state index contributed by atoms with van der Waals surface area (Å²) >= 11 is 3.44. The molecule has 0 radical (unpaired) electrons. The van der Waals surface area contributed by atoms with E-state index in [1.807, 2.05) is 0 Å². The second-order valence-electron chi connectivity index (χ2n) is 4.14. The molecule has 2 rings (SSSR count). The lowest BCUT2D eigenvalue weighted by Gasteiger charge is -2.09. The molecule has 0 bridgehead atoms. The highest BCUT2D eigenvalue weighted by molar-refractivity contribution is 9.10. The average Bonchev–Trinajstić information content (AvgIpc) is 2.80. The molecule has 0 saturated carbocycles. The summed E-state index contributed by atoms with van der Waals surface area (Å²) < 4.78 is 6.89. The predicted octanol–water partition coefficient (Wildman–Crippen LogP) is 4.12. The van der Waals surface area contributed by atoms with Crippen molar-refractivity contribution in [3.8, 4) is 0 Å². The molecule has 16 heavy (non-hydrogen) atoms. The summed E-state index contributed by atoms with van der Waals surface area (Å²) in [6, 6.07) is 8.52. The number of hydrogen-bond donors (Lipinski definition) is 0. The van der Waals surface area contributed by atoms with E-state index in [4.69, 9.17) is 4.74 Å². The second kappa shape index (κ2) is 6.21. The van der Waals surface area contributed by atoms with Crippen LogP contribution in [0.1, 0.15) is 24.8 Å². The fourth-order valence-electron chi connectivity index (χ4n) is 1.91. The van der Waals surface area contributed by atoms with Crippen LogP contribution in [0.15, 0.2) is 40.9 Å². The molecule has 1 aromatic carbocycles.